The van der Waals surface area contributed by atoms with Crippen LogP contribution in [-0.2, 0) is 17.8 Å². The highest BCUT2D eigenvalue weighted by Crippen LogP contribution is 2.41. The van der Waals surface area contributed by atoms with E-state index < -0.39 is 5.91 Å². The minimum absolute atomic E-state index is 0.107. The van der Waals surface area contributed by atoms with E-state index in [1.165, 1.54) is 6.33 Å². The van der Waals surface area contributed by atoms with Crippen molar-refractivity contribution in [3.8, 4) is 17.3 Å². The van der Waals surface area contributed by atoms with Crippen molar-refractivity contribution >= 4 is 28.7 Å². The maximum absolute atomic E-state index is 11.5. The summed E-state index contributed by atoms with van der Waals surface area (Å²) in [6.45, 7) is 4.50. The summed E-state index contributed by atoms with van der Waals surface area (Å²) in [6, 6.07) is 9.34. The van der Waals surface area contributed by atoms with E-state index in [4.69, 9.17) is 27.1 Å². The number of ether oxygens (including phenoxy) is 1. The first-order valence-electron chi connectivity index (χ1n) is 10.7. The number of aromatic nitrogens is 5. The Morgan fingerprint density at radius 3 is 2.76 bits per heavy atom. The van der Waals surface area contributed by atoms with E-state index in [-0.39, 0.29) is 12.0 Å². The van der Waals surface area contributed by atoms with Gasteiger partial charge in [0.05, 0.1) is 23.7 Å². The Bertz CT molecular complexity index is 1380. The number of carbonyl (C=O) groups is 1. The van der Waals surface area contributed by atoms with Crippen molar-refractivity contribution in [1.29, 1.82) is 0 Å². The number of hydrogen-bond donors (Lipinski definition) is 1. The molecule has 1 aliphatic rings. The van der Waals surface area contributed by atoms with Crippen LogP contribution < -0.4 is 10.5 Å². The molecule has 0 saturated heterocycles. The molecule has 4 aromatic rings. The second kappa shape index (κ2) is 8.12. The van der Waals surface area contributed by atoms with Crippen LogP contribution in [0.15, 0.2) is 42.9 Å². The first-order valence-corrected chi connectivity index (χ1v) is 11.1. The summed E-state index contributed by atoms with van der Waals surface area (Å²) >= 11 is 6.60. The first-order chi connectivity index (χ1) is 15.8. The maximum atomic E-state index is 11.5. The third-order valence-electron chi connectivity index (χ3n) is 5.74. The molecule has 2 N–H and O–H groups in total. The smallest absolute Gasteiger partial charge is 0.245 e. The molecule has 33 heavy (non-hydrogen) atoms. The number of nitrogens with two attached hydrogens (primary N) is 1. The molecule has 0 aliphatic heterocycles. The van der Waals surface area contributed by atoms with Crippen molar-refractivity contribution < 1.29 is 9.53 Å². The van der Waals surface area contributed by atoms with Crippen molar-refractivity contribution in [1.82, 2.24) is 24.5 Å². The van der Waals surface area contributed by atoms with E-state index >= 15 is 0 Å². The number of hydrogen-bond acceptors (Lipinski definition) is 6. The predicted molar refractivity (Wildman–Crippen MR) is 125 cm³/mol. The molecule has 0 radical (unpaired) electrons. The lowest BCUT2D eigenvalue weighted by atomic mass is 10.1. The fourth-order valence-corrected chi connectivity index (χ4v) is 3.96. The monoisotopic (exact) mass is 462 g/mol. The molecular weight excluding hydrogens is 440 g/mol. The van der Waals surface area contributed by atoms with Gasteiger partial charge in [0.25, 0.3) is 0 Å². The number of nitrogens with zero attached hydrogens (tertiary/aromatic N) is 5. The van der Waals surface area contributed by atoms with Gasteiger partial charge in [-0.05, 0) is 62.1 Å². The third-order valence-corrected chi connectivity index (χ3v) is 6.07. The van der Waals surface area contributed by atoms with Crippen LogP contribution in [0.3, 0.4) is 0 Å². The lowest BCUT2D eigenvalue weighted by molar-refractivity contribution is -0.117. The number of rotatable bonds is 7. The zero-order valence-corrected chi connectivity index (χ0v) is 19.1. The van der Waals surface area contributed by atoms with Gasteiger partial charge >= 0.3 is 0 Å². The third kappa shape index (κ3) is 4.39. The first kappa shape index (κ1) is 21.3. The Morgan fingerprint density at radius 1 is 1.21 bits per heavy atom. The average molecular weight is 463 g/mol. The average Bonchev–Trinajstić information content (AvgIpc) is 3.38. The molecule has 8 nitrogen and oxygen atoms in total. The molecule has 1 aliphatic carbocycles. The molecule has 0 spiro atoms. The molecule has 0 atom stereocenters. The molecule has 3 heterocycles. The summed E-state index contributed by atoms with van der Waals surface area (Å²) < 4.78 is 8.12. The number of benzene rings is 1. The predicted octanol–water partition coefficient (Wildman–Crippen LogP) is 3.86. The number of imidazole rings is 1. The van der Waals surface area contributed by atoms with Crippen LogP contribution in [-0.4, -0.2) is 36.0 Å². The van der Waals surface area contributed by atoms with Crippen LogP contribution >= 0.6 is 11.6 Å². The number of pyridine rings is 1. The van der Waals surface area contributed by atoms with Crippen molar-refractivity contribution in [3.05, 3.63) is 64.7 Å². The highest BCUT2D eigenvalue weighted by atomic mass is 35.5. The van der Waals surface area contributed by atoms with Gasteiger partial charge in [-0.1, -0.05) is 17.7 Å². The van der Waals surface area contributed by atoms with Gasteiger partial charge in [0.2, 0.25) is 11.8 Å². The Hall–Kier alpha value is -3.52. The molecule has 9 heteroatoms. The minimum atomic E-state index is -0.417. The lowest BCUT2D eigenvalue weighted by Gasteiger charge is -2.12. The quantitative estimate of drug-likeness (QED) is 0.446. The molecule has 1 saturated carbocycles. The normalized spacial score (nSPS) is 14.4. The molecule has 1 fully saturated rings. The molecule has 0 bridgehead atoms. The maximum Gasteiger partial charge on any atom is 0.245 e. The Kier molecular flexibility index (Phi) is 5.25. The summed E-state index contributed by atoms with van der Waals surface area (Å²) in [4.78, 5) is 29.8. The number of halogens is 1. The van der Waals surface area contributed by atoms with E-state index in [0.717, 1.165) is 29.7 Å². The van der Waals surface area contributed by atoms with E-state index in [1.54, 1.807) is 18.3 Å². The van der Waals surface area contributed by atoms with E-state index in [9.17, 15) is 4.79 Å². The minimum Gasteiger partial charge on any atom is -0.470 e. The number of carbonyl (C=O) groups excluding carboxylic acids is 1. The van der Waals surface area contributed by atoms with Gasteiger partial charge in [-0.3, -0.25) is 9.78 Å². The van der Waals surface area contributed by atoms with E-state index in [0.29, 0.717) is 40.0 Å². The van der Waals surface area contributed by atoms with Gasteiger partial charge in [-0.25, -0.2) is 9.97 Å². The van der Waals surface area contributed by atoms with Gasteiger partial charge in [0, 0.05) is 11.8 Å². The molecule has 0 unspecified atom stereocenters. The summed E-state index contributed by atoms with van der Waals surface area (Å²) in [6.07, 6.45) is 5.32. The topological polar surface area (TPSA) is 109 Å². The zero-order valence-electron chi connectivity index (χ0n) is 18.4. The summed E-state index contributed by atoms with van der Waals surface area (Å²) in [5, 5.41) is 0.501. The van der Waals surface area contributed by atoms with Gasteiger partial charge in [0.1, 0.15) is 17.8 Å². The van der Waals surface area contributed by atoms with Crippen molar-refractivity contribution in [2.45, 2.75) is 45.3 Å². The molecule has 1 amide bonds. The van der Waals surface area contributed by atoms with Crippen molar-refractivity contribution in [3.63, 3.8) is 0 Å². The zero-order chi connectivity index (χ0) is 23.2. The summed E-state index contributed by atoms with van der Waals surface area (Å²) in [5.74, 6) is 0.623. The summed E-state index contributed by atoms with van der Waals surface area (Å²) in [7, 11) is 0. The fourth-order valence-electron chi connectivity index (χ4n) is 3.76. The molecule has 168 valence electrons. The molecule has 3 aromatic heterocycles. The highest BCUT2D eigenvalue weighted by Gasteiger charge is 2.41. The Labute approximate surface area is 195 Å². The van der Waals surface area contributed by atoms with E-state index in [2.05, 4.69) is 21.9 Å². The van der Waals surface area contributed by atoms with Crippen LogP contribution in [0.4, 0.5) is 0 Å². The number of primary amides is 1. The lowest BCUT2D eigenvalue weighted by Crippen LogP contribution is -2.13. The Balaban J connectivity index is 1.70. The van der Waals surface area contributed by atoms with Gasteiger partial charge < -0.3 is 15.0 Å². The number of fused-ring (bicyclic) bond motifs is 1. The van der Waals surface area contributed by atoms with Crippen LogP contribution in [0, 0.1) is 6.92 Å². The van der Waals surface area contributed by atoms with Gasteiger partial charge in [-0.15, -0.1) is 0 Å². The Morgan fingerprint density at radius 2 is 2.03 bits per heavy atom. The second-order valence-corrected chi connectivity index (χ2v) is 9.11. The van der Waals surface area contributed by atoms with Gasteiger partial charge in [0.15, 0.2) is 11.2 Å². The van der Waals surface area contributed by atoms with Crippen molar-refractivity contribution in [2.75, 3.05) is 0 Å². The molecule has 5 rings (SSSR count). The van der Waals surface area contributed by atoms with Crippen LogP contribution in [0.2, 0.25) is 5.02 Å². The largest absolute Gasteiger partial charge is 0.470 e. The highest BCUT2D eigenvalue weighted by molar-refractivity contribution is 6.33. The molecule has 1 aromatic carbocycles. The molecular formula is C24H23ClN6O2. The number of aryl methyl sites for hydroxylation is 1. The number of amides is 1. The fraction of sp³-hybridized carbons (Fsp3) is 0.292. The van der Waals surface area contributed by atoms with Crippen LogP contribution in [0.5, 0.6) is 5.88 Å². The van der Waals surface area contributed by atoms with Crippen LogP contribution in [0.1, 0.15) is 36.6 Å². The standard InChI is InChI=1S/C24H23ClN6O2/c1-14-5-8-27-16(9-14)12-31-21(17-10-15(11-19(26)32)3-4-18(17)25)30-20-22(31)28-13-29-23(20)33-24(2)6-7-24/h3-5,8-10,13H,6-7,11-12H2,1-2H3,(H2,26,32). The van der Waals surface area contributed by atoms with E-state index in [1.807, 2.05) is 29.7 Å². The van der Waals surface area contributed by atoms with Crippen LogP contribution in [0.25, 0.3) is 22.6 Å². The van der Waals surface area contributed by atoms with Crippen molar-refractivity contribution in [2.24, 2.45) is 5.73 Å². The second-order valence-electron chi connectivity index (χ2n) is 8.71. The SMILES string of the molecule is Cc1ccnc(Cn2c(-c3cc(CC(N)=O)ccc3Cl)nc3c(OC4(C)CC4)ncnc32)c1. The summed E-state index contributed by atoms with van der Waals surface area (Å²) in [5.41, 5.74) is 9.76. The van der Waals surface area contributed by atoms with Gasteiger partial charge in [-0.2, -0.15) is 4.98 Å².